The van der Waals surface area contributed by atoms with Crippen LogP contribution in [0.25, 0.3) is 11.0 Å². The predicted molar refractivity (Wildman–Crippen MR) is 75.0 cm³/mol. The van der Waals surface area contributed by atoms with Gasteiger partial charge in [-0.1, -0.05) is 6.07 Å². The summed E-state index contributed by atoms with van der Waals surface area (Å²) in [7, 11) is 0. The van der Waals surface area contributed by atoms with Crippen LogP contribution in [-0.4, -0.2) is 0 Å². The zero-order valence-corrected chi connectivity index (χ0v) is 10.7. The van der Waals surface area contributed by atoms with E-state index in [4.69, 9.17) is 10.2 Å². The van der Waals surface area contributed by atoms with E-state index in [0.29, 0.717) is 11.0 Å². The van der Waals surface area contributed by atoms with Gasteiger partial charge in [0.15, 0.2) is 5.58 Å². The van der Waals surface area contributed by atoms with Crippen molar-refractivity contribution < 1.29 is 13.2 Å². The molecule has 20 heavy (non-hydrogen) atoms. The molecular weight excluding hydrogens is 262 g/mol. The number of nitrogens with two attached hydrogens (primary N) is 1. The standard InChI is InChI=1S/C15H12F2N2O/c1-8-2-3-12(10(16)6-8)19-14-11(17)7-9-4-5-20-15(9)13(14)18/h2-7,19H,18H2,1H3. The summed E-state index contributed by atoms with van der Waals surface area (Å²) in [5.41, 5.74) is 7.31. The molecule has 0 radical (unpaired) electrons. The Bertz CT molecular complexity index is 796. The lowest BCUT2D eigenvalue weighted by atomic mass is 10.1. The van der Waals surface area contributed by atoms with Crippen LogP contribution in [0.4, 0.5) is 25.8 Å². The molecule has 0 bridgehead atoms. The second kappa shape index (κ2) is 4.52. The van der Waals surface area contributed by atoms with E-state index in [9.17, 15) is 8.78 Å². The zero-order valence-electron chi connectivity index (χ0n) is 10.7. The topological polar surface area (TPSA) is 51.2 Å². The van der Waals surface area contributed by atoms with Crippen molar-refractivity contribution in [3.63, 3.8) is 0 Å². The van der Waals surface area contributed by atoms with Crippen LogP contribution in [0.1, 0.15) is 5.56 Å². The predicted octanol–water partition coefficient (Wildman–Crippen LogP) is 4.35. The molecule has 0 aliphatic rings. The highest BCUT2D eigenvalue weighted by Gasteiger charge is 2.15. The first kappa shape index (κ1) is 12.5. The maximum atomic E-state index is 14.0. The minimum atomic E-state index is -0.559. The molecule has 102 valence electrons. The van der Waals surface area contributed by atoms with Gasteiger partial charge in [-0.3, -0.25) is 0 Å². The Hall–Kier alpha value is -2.56. The highest BCUT2D eigenvalue weighted by Crippen LogP contribution is 2.34. The third kappa shape index (κ3) is 1.97. The largest absolute Gasteiger partial charge is 0.462 e. The Balaban J connectivity index is 2.10. The summed E-state index contributed by atoms with van der Waals surface area (Å²) >= 11 is 0. The van der Waals surface area contributed by atoms with Crippen LogP contribution >= 0.6 is 0 Å². The van der Waals surface area contributed by atoms with E-state index in [0.717, 1.165) is 5.56 Å². The number of hydrogen-bond donors (Lipinski definition) is 2. The molecule has 0 amide bonds. The molecule has 0 fully saturated rings. The minimum absolute atomic E-state index is 0.00945. The Kier molecular flexibility index (Phi) is 2.82. The summed E-state index contributed by atoms with van der Waals surface area (Å²) in [6, 6.07) is 7.54. The SMILES string of the molecule is Cc1ccc(Nc2c(F)cc3ccoc3c2N)c(F)c1. The lowest BCUT2D eigenvalue weighted by Crippen LogP contribution is -2.01. The van der Waals surface area contributed by atoms with Crippen LogP contribution in [0.15, 0.2) is 41.0 Å². The van der Waals surface area contributed by atoms with Crippen molar-refractivity contribution in [3.05, 3.63) is 53.8 Å². The number of aryl methyl sites for hydroxylation is 1. The van der Waals surface area contributed by atoms with Crippen molar-refractivity contribution in [2.75, 3.05) is 11.1 Å². The van der Waals surface area contributed by atoms with Crippen molar-refractivity contribution in [2.45, 2.75) is 6.92 Å². The van der Waals surface area contributed by atoms with Crippen LogP contribution < -0.4 is 11.1 Å². The van der Waals surface area contributed by atoms with Crippen LogP contribution in [0.3, 0.4) is 0 Å². The summed E-state index contributed by atoms with van der Waals surface area (Å²) in [5, 5.41) is 3.25. The van der Waals surface area contributed by atoms with Gasteiger partial charge in [-0.15, -0.1) is 0 Å². The smallest absolute Gasteiger partial charge is 0.159 e. The van der Waals surface area contributed by atoms with Crippen LogP contribution in [0.5, 0.6) is 0 Å². The van der Waals surface area contributed by atoms with Gasteiger partial charge in [-0.2, -0.15) is 0 Å². The summed E-state index contributed by atoms with van der Waals surface area (Å²) in [6.07, 6.45) is 1.43. The average molecular weight is 274 g/mol. The van der Waals surface area contributed by atoms with Crippen molar-refractivity contribution >= 4 is 28.0 Å². The first-order chi connectivity index (χ1) is 9.56. The molecule has 3 rings (SSSR count). The van der Waals surface area contributed by atoms with E-state index in [1.54, 1.807) is 19.1 Å². The van der Waals surface area contributed by atoms with Gasteiger partial charge < -0.3 is 15.5 Å². The van der Waals surface area contributed by atoms with Crippen molar-refractivity contribution in [1.29, 1.82) is 0 Å². The van der Waals surface area contributed by atoms with Gasteiger partial charge in [0.2, 0.25) is 0 Å². The normalized spacial score (nSPS) is 10.9. The van der Waals surface area contributed by atoms with Crippen LogP contribution in [0.2, 0.25) is 0 Å². The number of nitrogens with one attached hydrogen (secondary N) is 1. The number of hydrogen-bond acceptors (Lipinski definition) is 3. The van der Waals surface area contributed by atoms with Gasteiger partial charge in [0.05, 0.1) is 12.0 Å². The number of halogens is 2. The number of nitrogen functional groups attached to an aromatic ring is 1. The fourth-order valence-electron chi connectivity index (χ4n) is 2.09. The first-order valence-electron chi connectivity index (χ1n) is 6.04. The van der Waals surface area contributed by atoms with Crippen LogP contribution in [0, 0.1) is 18.6 Å². The molecule has 0 spiro atoms. The van der Waals surface area contributed by atoms with Gasteiger partial charge >= 0.3 is 0 Å². The molecule has 0 unspecified atom stereocenters. The van der Waals surface area contributed by atoms with E-state index in [1.807, 2.05) is 0 Å². The Labute approximate surface area is 114 Å². The number of benzene rings is 2. The second-order valence-electron chi connectivity index (χ2n) is 4.59. The molecule has 0 aliphatic heterocycles. The first-order valence-corrected chi connectivity index (χ1v) is 6.04. The Morgan fingerprint density at radius 2 is 1.90 bits per heavy atom. The van der Waals surface area contributed by atoms with Crippen molar-refractivity contribution in [1.82, 2.24) is 0 Å². The summed E-state index contributed by atoms with van der Waals surface area (Å²) in [5.74, 6) is -1.03. The molecule has 1 aromatic heterocycles. The van der Waals surface area contributed by atoms with Crippen LogP contribution in [-0.2, 0) is 0 Å². The average Bonchev–Trinajstić information content (AvgIpc) is 2.85. The number of fused-ring (bicyclic) bond motifs is 1. The maximum Gasteiger partial charge on any atom is 0.159 e. The summed E-state index contributed by atoms with van der Waals surface area (Å²) < 4.78 is 33.1. The quantitative estimate of drug-likeness (QED) is 0.683. The summed E-state index contributed by atoms with van der Waals surface area (Å²) in [4.78, 5) is 0. The highest BCUT2D eigenvalue weighted by atomic mass is 19.1. The second-order valence-corrected chi connectivity index (χ2v) is 4.59. The third-order valence-electron chi connectivity index (χ3n) is 3.11. The molecule has 0 atom stereocenters. The maximum absolute atomic E-state index is 14.0. The molecule has 3 N–H and O–H groups in total. The minimum Gasteiger partial charge on any atom is -0.462 e. The van der Waals surface area contributed by atoms with E-state index in [-0.39, 0.29) is 17.1 Å². The van der Waals surface area contributed by atoms with Crippen molar-refractivity contribution in [2.24, 2.45) is 0 Å². The molecule has 5 heteroatoms. The zero-order chi connectivity index (χ0) is 14.3. The highest BCUT2D eigenvalue weighted by molar-refractivity contribution is 5.96. The lowest BCUT2D eigenvalue weighted by Gasteiger charge is -2.12. The van der Waals surface area contributed by atoms with E-state index in [2.05, 4.69) is 5.32 Å². The molecule has 2 aromatic carbocycles. The molecule has 1 heterocycles. The molecule has 3 nitrogen and oxygen atoms in total. The number of furan rings is 1. The molecule has 3 aromatic rings. The van der Waals surface area contributed by atoms with Gasteiger partial charge in [0.25, 0.3) is 0 Å². The van der Waals surface area contributed by atoms with E-state index in [1.165, 1.54) is 24.5 Å². The fraction of sp³-hybridized carbons (Fsp3) is 0.0667. The molecular formula is C15H12F2N2O. The summed E-state index contributed by atoms with van der Waals surface area (Å²) in [6.45, 7) is 1.77. The monoisotopic (exact) mass is 274 g/mol. The lowest BCUT2D eigenvalue weighted by molar-refractivity contribution is 0.612. The van der Waals surface area contributed by atoms with Gasteiger partial charge in [-0.05, 0) is 36.8 Å². The van der Waals surface area contributed by atoms with Gasteiger partial charge in [-0.25, -0.2) is 8.78 Å². The molecule has 0 aliphatic carbocycles. The number of rotatable bonds is 2. The van der Waals surface area contributed by atoms with E-state index < -0.39 is 11.6 Å². The Morgan fingerprint density at radius 3 is 2.65 bits per heavy atom. The third-order valence-corrected chi connectivity index (χ3v) is 3.11. The Morgan fingerprint density at radius 1 is 1.10 bits per heavy atom. The van der Waals surface area contributed by atoms with Gasteiger partial charge in [0.1, 0.15) is 23.0 Å². The van der Waals surface area contributed by atoms with Gasteiger partial charge in [0, 0.05) is 5.39 Å². The fourth-order valence-corrected chi connectivity index (χ4v) is 2.09. The molecule has 0 saturated heterocycles. The molecule has 0 saturated carbocycles. The van der Waals surface area contributed by atoms with E-state index >= 15 is 0 Å². The van der Waals surface area contributed by atoms with Crippen molar-refractivity contribution in [3.8, 4) is 0 Å². The number of anilines is 3.